The number of hydrogen-bond acceptors (Lipinski definition) is 1. The van der Waals surface area contributed by atoms with Crippen LogP contribution in [0.5, 0.6) is 0 Å². The molecule has 1 aromatic carbocycles. The van der Waals surface area contributed by atoms with Crippen LogP contribution in [0.4, 0.5) is 0 Å². The Kier molecular flexibility index (Phi) is 5.00. The van der Waals surface area contributed by atoms with E-state index in [1.54, 1.807) is 10.8 Å². The second kappa shape index (κ2) is 6.30. The van der Waals surface area contributed by atoms with Gasteiger partial charge in [-0.05, 0) is 38.3 Å². The minimum atomic E-state index is -1.31. The van der Waals surface area contributed by atoms with Gasteiger partial charge in [0.25, 0.3) is 0 Å². The van der Waals surface area contributed by atoms with Gasteiger partial charge in [-0.15, -0.1) is 0 Å². The summed E-state index contributed by atoms with van der Waals surface area (Å²) in [4.78, 5) is 0. The Bertz CT molecular complexity index is 601. The SMILES string of the molecule is CC(C)(C)NC(C1=C([Si](C)(C)C)C=CC1)c1ccccc1[SiH3]. The van der Waals surface area contributed by atoms with Crippen LogP contribution in [0.1, 0.15) is 38.8 Å². The number of benzene rings is 1. The largest absolute Gasteiger partial charge is 0.302 e. The van der Waals surface area contributed by atoms with Crippen LogP contribution in [-0.4, -0.2) is 23.9 Å². The summed E-state index contributed by atoms with van der Waals surface area (Å²) >= 11 is 0. The average molecular weight is 330 g/mol. The van der Waals surface area contributed by atoms with Crippen LogP contribution in [-0.2, 0) is 0 Å². The van der Waals surface area contributed by atoms with Gasteiger partial charge < -0.3 is 5.32 Å². The summed E-state index contributed by atoms with van der Waals surface area (Å²) in [5.41, 5.74) is 3.20. The highest BCUT2D eigenvalue weighted by molar-refractivity contribution is 6.84. The number of allylic oxidation sites excluding steroid dienone is 3. The molecule has 1 aliphatic carbocycles. The molecule has 0 bridgehead atoms. The molecule has 1 atom stereocenters. The van der Waals surface area contributed by atoms with E-state index in [0.29, 0.717) is 6.04 Å². The minimum Gasteiger partial charge on any atom is -0.302 e. The smallest absolute Gasteiger partial charge is 0.0776 e. The molecular formula is C19H31NSi2. The summed E-state index contributed by atoms with van der Waals surface area (Å²) in [6, 6.07) is 9.31. The molecule has 22 heavy (non-hydrogen) atoms. The van der Waals surface area contributed by atoms with Gasteiger partial charge in [-0.2, -0.15) is 0 Å². The van der Waals surface area contributed by atoms with Crippen molar-refractivity contribution < 1.29 is 0 Å². The summed E-state index contributed by atoms with van der Waals surface area (Å²) in [6.07, 6.45) is 5.85. The first-order valence-corrected chi connectivity index (χ1v) is 12.8. The average Bonchev–Trinajstić information content (AvgIpc) is 2.84. The lowest BCUT2D eigenvalue weighted by Gasteiger charge is -2.33. The molecule has 1 nitrogen and oxygen atoms in total. The van der Waals surface area contributed by atoms with Gasteiger partial charge in [-0.25, -0.2) is 0 Å². The summed E-state index contributed by atoms with van der Waals surface area (Å²) in [5.74, 6) is 0. The van der Waals surface area contributed by atoms with Crippen molar-refractivity contribution in [3.63, 3.8) is 0 Å². The van der Waals surface area contributed by atoms with Gasteiger partial charge in [0.2, 0.25) is 0 Å². The zero-order valence-corrected chi connectivity index (χ0v) is 18.2. The standard InChI is InChI=1S/C19H31NSi2/c1-19(2,3)20-18(14-10-7-8-12-16(14)21)15-11-9-13-17(15)22(4,5)6/h7-10,12-13,18,20H,11H2,1-6,21H3. The molecular weight excluding hydrogens is 298 g/mol. The Labute approximate surface area is 140 Å². The molecule has 1 N–H and O–H groups in total. The second-order valence-corrected chi connectivity index (χ2v) is 14.6. The Morgan fingerprint density at radius 3 is 2.32 bits per heavy atom. The summed E-state index contributed by atoms with van der Waals surface area (Å²) < 4.78 is 0. The third kappa shape index (κ3) is 4.09. The molecule has 2 rings (SSSR count). The van der Waals surface area contributed by atoms with Gasteiger partial charge in [0.05, 0.1) is 14.1 Å². The Hall–Kier alpha value is -0.906. The monoisotopic (exact) mass is 329 g/mol. The Morgan fingerprint density at radius 1 is 1.14 bits per heavy atom. The van der Waals surface area contributed by atoms with Crippen LogP contribution in [0, 0.1) is 0 Å². The molecule has 1 aromatic rings. The topological polar surface area (TPSA) is 12.0 Å². The van der Waals surface area contributed by atoms with Gasteiger partial charge in [0.1, 0.15) is 0 Å². The Balaban J connectivity index is 2.53. The molecule has 0 heterocycles. The van der Waals surface area contributed by atoms with Crippen LogP contribution in [0.15, 0.2) is 47.2 Å². The molecule has 0 saturated carbocycles. The van der Waals surface area contributed by atoms with E-state index in [0.717, 1.165) is 16.7 Å². The predicted molar refractivity (Wildman–Crippen MR) is 106 cm³/mol. The van der Waals surface area contributed by atoms with E-state index in [9.17, 15) is 0 Å². The molecule has 0 spiro atoms. The van der Waals surface area contributed by atoms with Crippen molar-refractivity contribution in [3.8, 4) is 0 Å². The van der Waals surface area contributed by atoms with Crippen LogP contribution in [0.3, 0.4) is 0 Å². The van der Waals surface area contributed by atoms with Crippen LogP contribution >= 0.6 is 0 Å². The third-order valence-electron chi connectivity index (χ3n) is 4.20. The molecule has 0 aromatic heterocycles. The highest BCUT2D eigenvalue weighted by atomic mass is 28.3. The fourth-order valence-corrected chi connectivity index (χ4v) is 5.70. The van der Waals surface area contributed by atoms with Gasteiger partial charge in [-0.1, -0.05) is 66.4 Å². The number of nitrogens with one attached hydrogen (secondary N) is 1. The first kappa shape index (κ1) is 17.4. The minimum absolute atomic E-state index is 0.106. The maximum absolute atomic E-state index is 3.90. The second-order valence-electron chi connectivity index (χ2n) is 8.48. The van der Waals surface area contributed by atoms with Gasteiger partial charge in [-0.3, -0.25) is 0 Å². The lowest BCUT2D eigenvalue weighted by Crippen LogP contribution is -2.42. The van der Waals surface area contributed by atoms with Crippen molar-refractivity contribution >= 4 is 23.5 Å². The predicted octanol–water partition coefficient (Wildman–Crippen LogP) is 3.24. The van der Waals surface area contributed by atoms with Crippen molar-refractivity contribution in [2.45, 2.75) is 58.4 Å². The van der Waals surface area contributed by atoms with Gasteiger partial charge in [0, 0.05) is 15.8 Å². The van der Waals surface area contributed by atoms with Crippen molar-refractivity contribution in [2.75, 3.05) is 0 Å². The lowest BCUT2D eigenvalue weighted by molar-refractivity contribution is 0.387. The summed E-state index contributed by atoms with van der Waals surface area (Å²) in [7, 11) is -0.215. The molecule has 0 aliphatic heterocycles. The lowest BCUT2D eigenvalue weighted by atomic mass is 9.94. The molecule has 3 heteroatoms. The fraction of sp³-hybridized carbons (Fsp3) is 0.474. The van der Waals surface area contributed by atoms with Crippen LogP contribution in [0.2, 0.25) is 19.6 Å². The third-order valence-corrected chi connectivity index (χ3v) is 7.22. The molecule has 0 radical (unpaired) electrons. The van der Waals surface area contributed by atoms with Crippen molar-refractivity contribution in [2.24, 2.45) is 0 Å². The highest BCUT2D eigenvalue weighted by Gasteiger charge is 2.30. The zero-order valence-electron chi connectivity index (χ0n) is 15.2. The van der Waals surface area contributed by atoms with Gasteiger partial charge in [0.15, 0.2) is 0 Å². The van der Waals surface area contributed by atoms with Crippen molar-refractivity contribution in [3.05, 3.63) is 52.8 Å². The van der Waals surface area contributed by atoms with E-state index in [-0.39, 0.29) is 5.54 Å². The molecule has 1 aliphatic rings. The first-order chi connectivity index (χ1) is 10.1. The van der Waals surface area contributed by atoms with E-state index in [1.165, 1.54) is 10.8 Å². The van der Waals surface area contributed by atoms with Gasteiger partial charge >= 0.3 is 0 Å². The van der Waals surface area contributed by atoms with Crippen molar-refractivity contribution in [1.29, 1.82) is 0 Å². The maximum atomic E-state index is 3.90. The van der Waals surface area contributed by atoms with Crippen LogP contribution in [0.25, 0.3) is 0 Å². The van der Waals surface area contributed by atoms with Crippen molar-refractivity contribution in [1.82, 2.24) is 5.32 Å². The molecule has 0 amide bonds. The van der Waals surface area contributed by atoms with Crippen LogP contribution < -0.4 is 10.5 Å². The molecule has 120 valence electrons. The molecule has 0 fully saturated rings. The van der Waals surface area contributed by atoms with E-state index in [2.05, 4.69) is 82.1 Å². The van der Waals surface area contributed by atoms with E-state index < -0.39 is 8.07 Å². The molecule has 1 unspecified atom stereocenters. The highest BCUT2D eigenvalue weighted by Crippen LogP contribution is 2.36. The zero-order chi connectivity index (χ0) is 16.5. The maximum Gasteiger partial charge on any atom is 0.0776 e. The van der Waals surface area contributed by atoms with E-state index >= 15 is 0 Å². The number of hydrogen-bond donors (Lipinski definition) is 1. The summed E-state index contributed by atoms with van der Waals surface area (Å²) in [5, 5.41) is 7.05. The first-order valence-electron chi connectivity index (χ1n) is 8.33. The van der Waals surface area contributed by atoms with E-state index in [4.69, 9.17) is 0 Å². The van der Waals surface area contributed by atoms with E-state index in [1.807, 2.05) is 0 Å². The Morgan fingerprint density at radius 2 is 1.77 bits per heavy atom. The quantitative estimate of drug-likeness (QED) is 0.836. The molecule has 0 saturated heterocycles. The number of rotatable bonds is 4. The fourth-order valence-electron chi connectivity index (χ4n) is 3.22. The normalized spacial score (nSPS) is 17.4. The summed E-state index contributed by atoms with van der Waals surface area (Å²) in [6.45, 7) is 14.2.